The molecule has 0 unspecified atom stereocenters. The van der Waals surface area contributed by atoms with E-state index in [-0.39, 0.29) is 5.91 Å². The van der Waals surface area contributed by atoms with Gasteiger partial charge in [-0.15, -0.1) is 11.3 Å². The second-order valence-corrected chi connectivity index (χ2v) is 9.28. The Morgan fingerprint density at radius 1 is 1.12 bits per heavy atom. The molecule has 0 atom stereocenters. The Bertz CT molecular complexity index is 1280. The number of hydrogen-bond acceptors (Lipinski definition) is 7. The second kappa shape index (κ2) is 10.2. The highest BCUT2D eigenvalue weighted by Crippen LogP contribution is 2.34. The van der Waals surface area contributed by atoms with Gasteiger partial charge in [0.05, 0.1) is 16.4 Å². The van der Waals surface area contributed by atoms with Crippen LogP contribution in [0.3, 0.4) is 0 Å². The molecule has 1 amide bonds. The van der Waals surface area contributed by atoms with Crippen LogP contribution >= 0.6 is 11.3 Å². The van der Waals surface area contributed by atoms with E-state index in [1.54, 1.807) is 11.3 Å². The van der Waals surface area contributed by atoms with Crippen molar-refractivity contribution < 1.29 is 9.53 Å². The number of nitrogens with one attached hydrogen (secondary N) is 2. The Balaban J connectivity index is 1.28. The van der Waals surface area contributed by atoms with Crippen molar-refractivity contribution in [3.8, 4) is 16.9 Å². The molecule has 1 fully saturated rings. The number of thiophene rings is 1. The molecule has 2 aromatic carbocycles. The maximum absolute atomic E-state index is 11.4. The molecule has 4 aromatic rings. The molecule has 5 rings (SSSR count). The van der Waals surface area contributed by atoms with Gasteiger partial charge < -0.3 is 15.4 Å². The SMILES string of the molecule is CC(=O)Nc1cccc(-c2csc3cnc(Nc4ccc(OCCN5CCCC5)cc4)nc23)c1. The molecule has 3 heterocycles. The summed E-state index contributed by atoms with van der Waals surface area (Å²) in [6.07, 6.45) is 4.43. The number of fused-ring (bicyclic) bond motifs is 1. The molecule has 0 spiro atoms. The largest absolute Gasteiger partial charge is 0.492 e. The first-order valence-corrected chi connectivity index (χ1v) is 12.4. The van der Waals surface area contributed by atoms with E-state index in [9.17, 15) is 4.79 Å². The Morgan fingerprint density at radius 3 is 2.74 bits per heavy atom. The lowest BCUT2D eigenvalue weighted by molar-refractivity contribution is -0.114. The minimum atomic E-state index is -0.0934. The summed E-state index contributed by atoms with van der Waals surface area (Å²) in [5, 5.41) is 8.20. The Kier molecular flexibility index (Phi) is 6.69. The third-order valence-electron chi connectivity index (χ3n) is 5.79. The molecular formula is C26H27N5O2S. The van der Waals surface area contributed by atoms with Crippen LogP contribution in [0.25, 0.3) is 21.3 Å². The lowest BCUT2D eigenvalue weighted by Gasteiger charge is -2.15. The fourth-order valence-electron chi connectivity index (χ4n) is 4.12. The molecule has 0 bridgehead atoms. The summed E-state index contributed by atoms with van der Waals surface area (Å²) >= 11 is 1.60. The average molecular weight is 474 g/mol. The van der Waals surface area contributed by atoms with Crippen molar-refractivity contribution in [2.45, 2.75) is 19.8 Å². The van der Waals surface area contributed by atoms with Gasteiger partial charge in [-0.3, -0.25) is 9.69 Å². The summed E-state index contributed by atoms with van der Waals surface area (Å²) in [5.41, 5.74) is 4.55. The highest BCUT2D eigenvalue weighted by Gasteiger charge is 2.12. The van der Waals surface area contributed by atoms with Crippen molar-refractivity contribution in [1.29, 1.82) is 0 Å². The van der Waals surface area contributed by atoms with E-state index in [1.165, 1.54) is 32.9 Å². The molecule has 1 saturated heterocycles. The molecule has 2 N–H and O–H groups in total. The molecule has 7 nitrogen and oxygen atoms in total. The molecule has 34 heavy (non-hydrogen) atoms. The first-order chi connectivity index (χ1) is 16.6. The lowest BCUT2D eigenvalue weighted by atomic mass is 10.1. The molecule has 0 radical (unpaired) electrons. The molecule has 8 heteroatoms. The van der Waals surface area contributed by atoms with E-state index in [1.807, 2.05) is 54.7 Å². The predicted molar refractivity (Wildman–Crippen MR) is 138 cm³/mol. The Labute approximate surface area is 202 Å². The molecule has 174 valence electrons. The lowest BCUT2D eigenvalue weighted by Crippen LogP contribution is -2.25. The monoisotopic (exact) mass is 473 g/mol. The molecular weight excluding hydrogens is 446 g/mol. The van der Waals surface area contributed by atoms with E-state index in [0.29, 0.717) is 12.6 Å². The Hall–Kier alpha value is -3.49. The maximum Gasteiger partial charge on any atom is 0.227 e. The van der Waals surface area contributed by atoms with Gasteiger partial charge in [-0.25, -0.2) is 9.97 Å². The van der Waals surface area contributed by atoms with Crippen molar-refractivity contribution in [2.75, 3.05) is 36.9 Å². The number of benzene rings is 2. The highest BCUT2D eigenvalue weighted by molar-refractivity contribution is 7.17. The van der Waals surface area contributed by atoms with Crippen molar-refractivity contribution in [2.24, 2.45) is 0 Å². The van der Waals surface area contributed by atoms with Crippen molar-refractivity contribution in [3.05, 3.63) is 60.1 Å². The van der Waals surface area contributed by atoms with Gasteiger partial charge >= 0.3 is 0 Å². The van der Waals surface area contributed by atoms with Crippen LogP contribution in [0.1, 0.15) is 19.8 Å². The number of rotatable bonds is 8. The zero-order chi connectivity index (χ0) is 23.3. The van der Waals surface area contributed by atoms with Crippen LogP contribution in [0, 0.1) is 0 Å². The van der Waals surface area contributed by atoms with Crippen LogP contribution in [0.5, 0.6) is 5.75 Å². The third kappa shape index (κ3) is 5.35. The normalized spacial score (nSPS) is 13.8. The number of likely N-dealkylation sites (tertiary alicyclic amines) is 1. The van der Waals surface area contributed by atoms with Crippen LogP contribution in [-0.2, 0) is 4.79 Å². The zero-order valence-electron chi connectivity index (χ0n) is 19.1. The van der Waals surface area contributed by atoms with Crippen LogP contribution < -0.4 is 15.4 Å². The Morgan fingerprint density at radius 2 is 1.94 bits per heavy atom. The minimum Gasteiger partial charge on any atom is -0.492 e. The standard InChI is InChI=1S/C26H27N5O2S/c1-18(32)28-21-6-4-5-19(15-21)23-17-34-24-16-27-26(30-25(23)24)29-20-7-9-22(10-8-20)33-14-13-31-11-2-3-12-31/h4-10,15-17H,2-3,11-14H2,1H3,(H,28,32)(H,27,29,30). The van der Waals surface area contributed by atoms with E-state index in [4.69, 9.17) is 9.72 Å². The van der Waals surface area contributed by atoms with E-state index >= 15 is 0 Å². The first kappa shape index (κ1) is 22.3. The molecule has 0 saturated carbocycles. The van der Waals surface area contributed by atoms with Gasteiger partial charge in [-0.2, -0.15) is 0 Å². The van der Waals surface area contributed by atoms with Crippen LogP contribution in [-0.4, -0.2) is 47.0 Å². The summed E-state index contributed by atoms with van der Waals surface area (Å²) in [5.74, 6) is 1.30. The summed E-state index contributed by atoms with van der Waals surface area (Å²) in [6, 6.07) is 15.7. The topological polar surface area (TPSA) is 79.4 Å². The second-order valence-electron chi connectivity index (χ2n) is 8.36. The van der Waals surface area contributed by atoms with E-state index in [0.717, 1.165) is 45.0 Å². The van der Waals surface area contributed by atoms with E-state index < -0.39 is 0 Å². The molecule has 1 aliphatic rings. The van der Waals surface area contributed by atoms with E-state index in [2.05, 4.69) is 25.9 Å². The number of carbonyl (C=O) groups excluding carboxylic acids is 1. The highest BCUT2D eigenvalue weighted by atomic mass is 32.1. The van der Waals surface area contributed by atoms with Gasteiger partial charge in [0.1, 0.15) is 12.4 Å². The van der Waals surface area contributed by atoms with Gasteiger partial charge in [-0.05, 0) is 67.9 Å². The van der Waals surface area contributed by atoms with Crippen LogP contribution in [0.4, 0.5) is 17.3 Å². The predicted octanol–water partition coefficient (Wildman–Crippen LogP) is 5.53. The van der Waals surface area contributed by atoms with Crippen molar-refractivity contribution in [1.82, 2.24) is 14.9 Å². The quantitative estimate of drug-likeness (QED) is 0.350. The third-order valence-corrected chi connectivity index (χ3v) is 6.70. The molecule has 0 aliphatic carbocycles. The summed E-state index contributed by atoms with van der Waals surface area (Å²) in [6.45, 7) is 5.55. The number of amides is 1. The number of ether oxygens (including phenoxy) is 1. The summed E-state index contributed by atoms with van der Waals surface area (Å²) < 4.78 is 6.90. The van der Waals surface area contributed by atoms with Gasteiger partial charge in [0, 0.05) is 35.8 Å². The minimum absolute atomic E-state index is 0.0934. The number of carbonyl (C=O) groups is 1. The smallest absolute Gasteiger partial charge is 0.227 e. The number of aromatic nitrogens is 2. The van der Waals surface area contributed by atoms with Crippen molar-refractivity contribution in [3.63, 3.8) is 0 Å². The first-order valence-electron chi connectivity index (χ1n) is 11.5. The summed E-state index contributed by atoms with van der Waals surface area (Å²) in [7, 11) is 0. The van der Waals surface area contributed by atoms with Gasteiger partial charge in [0.25, 0.3) is 0 Å². The number of hydrogen-bond donors (Lipinski definition) is 2. The van der Waals surface area contributed by atoms with Gasteiger partial charge in [0.2, 0.25) is 11.9 Å². The fourth-order valence-corrected chi connectivity index (χ4v) is 5.00. The molecule has 2 aromatic heterocycles. The van der Waals surface area contributed by atoms with Gasteiger partial charge in [-0.1, -0.05) is 12.1 Å². The molecule has 1 aliphatic heterocycles. The number of nitrogens with zero attached hydrogens (tertiary/aromatic N) is 3. The average Bonchev–Trinajstić information content (AvgIpc) is 3.50. The van der Waals surface area contributed by atoms with Crippen LogP contribution in [0.2, 0.25) is 0 Å². The summed E-state index contributed by atoms with van der Waals surface area (Å²) in [4.78, 5) is 23.1. The number of anilines is 3. The van der Waals surface area contributed by atoms with Gasteiger partial charge in [0.15, 0.2) is 0 Å². The van der Waals surface area contributed by atoms with Crippen LogP contribution in [0.15, 0.2) is 60.1 Å². The van der Waals surface area contributed by atoms with Crippen molar-refractivity contribution >= 4 is 44.8 Å². The fraction of sp³-hybridized carbons (Fsp3) is 0.269. The maximum atomic E-state index is 11.4. The zero-order valence-corrected chi connectivity index (χ0v) is 19.9.